The van der Waals surface area contributed by atoms with Crippen LogP contribution in [0.4, 0.5) is 13.2 Å². The van der Waals surface area contributed by atoms with Crippen LogP contribution in [-0.2, 0) is 29.8 Å². The quantitative estimate of drug-likeness (QED) is 0.741. The van der Waals surface area contributed by atoms with Gasteiger partial charge in [0.25, 0.3) is 0 Å². The van der Waals surface area contributed by atoms with Gasteiger partial charge in [0.2, 0.25) is 15.8 Å². The van der Waals surface area contributed by atoms with E-state index in [9.17, 15) is 21.6 Å². The first-order valence-corrected chi connectivity index (χ1v) is 10.0. The van der Waals surface area contributed by atoms with E-state index < -0.39 is 22.0 Å². The van der Waals surface area contributed by atoms with Crippen LogP contribution in [0.25, 0.3) is 0 Å². The summed E-state index contributed by atoms with van der Waals surface area (Å²) in [5, 5.41) is 4.33. The zero-order chi connectivity index (χ0) is 20.3. The zero-order valence-corrected chi connectivity index (χ0v) is 16.1. The van der Waals surface area contributed by atoms with E-state index in [4.69, 9.17) is 0 Å². The van der Waals surface area contributed by atoms with Gasteiger partial charge in [-0.2, -0.15) is 22.6 Å². The standard InChI is InChI=1S/C16H19F3N6O2S/c1-11-13(5-20-14(21-11)16(17,18)19)28(26,27)25-9-15(10-25)7-24(8-15)6-12-3-4-23(2)22-12/h3-5H,6-10H2,1-2H3. The minimum Gasteiger partial charge on any atom is -0.296 e. The lowest BCUT2D eigenvalue weighted by atomic mass is 9.74. The Morgan fingerprint density at radius 3 is 2.43 bits per heavy atom. The van der Waals surface area contributed by atoms with Crippen LogP contribution in [-0.4, -0.2) is 63.6 Å². The average molecular weight is 416 g/mol. The van der Waals surface area contributed by atoms with Crippen LogP contribution in [0.1, 0.15) is 17.2 Å². The van der Waals surface area contributed by atoms with Crippen molar-refractivity contribution in [3.63, 3.8) is 0 Å². The molecular formula is C16H19F3N6O2S. The summed E-state index contributed by atoms with van der Waals surface area (Å²) in [7, 11) is -2.06. The highest BCUT2D eigenvalue weighted by atomic mass is 32.2. The van der Waals surface area contributed by atoms with Gasteiger partial charge in [-0.05, 0) is 13.0 Å². The van der Waals surface area contributed by atoms with Gasteiger partial charge in [0.15, 0.2) is 0 Å². The van der Waals surface area contributed by atoms with E-state index in [0.29, 0.717) is 19.6 Å². The SMILES string of the molecule is Cc1nc(C(F)(F)F)ncc1S(=O)(=O)N1CC2(CN(Cc3ccn(C)n3)C2)C1. The molecule has 0 amide bonds. The highest BCUT2D eigenvalue weighted by Crippen LogP contribution is 2.43. The smallest absolute Gasteiger partial charge is 0.296 e. The average Bonchev–Trinajstić information content (AvgIpc) is 2.92. The molecule has 0 atom stereocenters. The highest BCUT2D eigenvalue weighted by molar-refractivity contribution is 7.89. The van der Waals surface area contributed by atoms with Crippen molar-refractivity contribution >= 4 is 10.0 Å². The summed E-state index contributed by atoms with van der Waals surface area (Å²) in [5.74, 6) is -1.34. The Labute approximate surface area is 160 Å². The first-order valence-electron chi connectivity index (χ1n) is 8.60. The number of alkyl halides is 3. The topological polar surface area (TPSA) is 84.2 Å². The summed E-state index contributed by atoms with van der Waals surface area (Å²) in [5.41, 5.74) is 0.662. The van der Waals surface area contributed by atoms with Gasteiger partial charge in [-0.1, -0.05) is 0 Å². The lowest BCUT2D eigenvalue weighted by Gasteiger charge is -2.59. The van der Waals surface area contributed by atoms with Crippen LogP contribution in [0.5, 0.6) is 0 Å². The Kier molecular flexibility index (Phi) is 4.28. The number of nitrogens with zero attached hydrogens (tertiary/aromatic N) is 6. The summed E-state index contributed by atoms with van der Waals surface area (Å²) < 4.78 is 66.5. The zero-order valence-electron chi connectivity index (χ0n) is 15.3. The third-order valence-electron chi connectivity index (χ3n) is 5.10. The van der Waals surface area contributed by atoms with Crippen molar-refractivity contribution in [3.8, 4) is 0 Å². The van der Waals surface area contributed by atoms with Crippen LogP contribution in [0.3, 0.4) is 0 Å². The molecule has 4 heterocycles. The van der Waals surface area contributed by atoms with E-state index in [2.05, 4.69) is 20.0 Å². The van der Waals surface area contributed by atoms with E-state index in [0.717, 1.165) is 25.0 Å². The maximum absolute atomic E-state index is 12.7. The van der Waals surface area contributed by atoms with Crippen molar-refractivity contribution in [2.45, 2.75) is 24.5 Å². The van der Waals surface area contributed by atoms with E-state index in [1.54, 1.807) is 4.68 Å². The molecule has 2 aromatic heterocycles. The number of aryl methyl sites for hydroxylation is 2. The minimum absolute atomic E-state index is 0.0947. The Hall–Kier alpha value is -2.05. The number of sulfonamides is 1. The molecule has 2 aliphatic rings. The number of rotatable bonds is 4. The van der Waals surface area contributed by atoms with Gasteiger partial charge in [0.1, 0.15) is 4.90 Å². The van der Waals surface area contributed by atoms with Crippen molar-refractivity contribution < 1.29 is 21.6 Å². The first-order chi connectivity index (χ1) is 13.0. The molecule has 2 aliphatic heterocycles. The summed E-state index contributed by atoms with van der Waals surface area (Å²) in [6, 6.07) is 1.94. The van der Waals surface area contributed by atoms with Crippen LogP contribution in [0.15, 0.2) is 23.4 Å². The third kappa shape index (κ3) is 3.29. The fourth-order valence-electron chi connectivity index (χ4n) is 3.85. The number of aromatic nitrogens is 4. The van der Waals surface area contributed by atoms with E-state index >= 15 is 0 Å². The van der Waals surface area contributed by atoms with Crippen molar-refractivity contribution in [3.05, 3.63) is 35.7 Å². The van der Waals surface area contributed by atoms with Crippen molar-refractivity contribution in [2.24, 2.45) is 12.5 Å². The molecule has 0 saturated carbocycles. The molecule has 0 N–H and O–H groups in total. The van der Waals surface area contributed by atoms with E-state index in [1.807, 2.05) is 19.3 Å². The molecule has 12 heteroatoms. The molecule has 152 valence electrons. The molecular weight excluding hydrogens is 397 g/mol. The third-order valence-corrected chi connectivity index (χ3v) is 7.00. The predicted octanol–water partition coefficient (Wildman–Crippen LogP) is 1.04. The van der Waals surface area contributed by atoms with Gasteiger partial charge in [0.05, 0.1) is 17.6 Å². The summed E-state index contributed by atoms with van der Waals surface area (Å²) in [4.78, 5) is 8.43. The molecule has 28 heavy (non-hydrogen) atoms. The Morgan fingerprint density at radius 2 is 1.89 bits per heavy atom. The van der Waals surface area contributed by atoms with Crippen LogP contribution >= 0.6 is 0 Å². The molecule has 0 bridgehead atoms. The predicted molar refractivity (Wildman–Crippen MR) is 91.4 cm³/mol. The Morgan fingerprint density at radius 1 is 1.21 bits per heavy atom. The number of hydrogen-bond donors (Lipinski definition) is 0. The monoisotopic (exact) mass is 416 g/mol. The van der Waals surface area contributed by atoms with Crippen molar-refractivity contribution in [1.29, 1.82) is 0 Å². The van der Waals surface area contributed by atoms with Gasteiger partial charge in [-0.3, -0.25) is 9.58 Å². The second kappa shape index (κ2) is 6.22. The van der Waals surface area contributed by atoms with Crippen LogP contribution in [0, 0.1) is 12.3 Å². The summed E-state index contributed by atoms with van der Waals surface area (Å²) in [6.07, 6.45) is -2.09. The largest absolute Gasteiger partial charge is 0.451 e. The summed E-state index contributed by atoms with van der Waals surface area (Å²) >= 11 is 0. The Balaban J connectivity index is 1.39. The van der Waals surface area contributed by atoms with Gasteiger partial charge >= 0.3 is 6.18 Å². The summed E-state index contributed by atoms with van der Waals surface area (Å²) in [6.45, 7) is 4.16. The molecule has 2 aromatic rings. The first kappa shape index (κ1) is 19.3. The molecule has 2 saturated heterocycles. The number of hydrogen-bond acceptors (Lipinski definition) is 6. The van der Waals surface area contributed by atoms with Gasteiger partial charge in [-0.15, -0.1) is 0 Å². The van der Waals surface area contributed by atoms with Gasteiger partial charge in [0, 0.05) is 51.4 Å². The molecule has 0 aliphatic carbocycles. The number of likely N-dealkylation sites (tertiary alicyclic amines) is 1. The molecule has 0 unspecified atom stereocenters. The maximum Gasteiger partial charge on any atom is 0.451 e. The van der Waals surface area contributed by atoms with Gasteiger partial charge in [-0.25, -0.2) is 18.4 Å². The molecule has 0 aromatic carbocycles. The second-order valence-electron chi connectivity index (χ2n) is 7.54. The minimum atomic E-state index is -4.71. The lowest BCUT2D eigenvalue weighted by Crippen LogP contribution is -2.72. The van der Waals surface area contributed by atoms with Gasteiger partial charge < -0.3 is 0 Å². The molecule has 8 nitrogen and oxygen atoms in total. The lowest BCUT2D eigenvalue weighted by molar-refractivity contribution is -0.145. The fraction of sp³-hybridized carbons (Fsp3) is 0.562. The normalized spacial score (nSPS) is 20.2. The van der Waals surface area contributed by atoms with Crippen molar-refractivity contribution in [2.75, 3.05) is 26.2 Å². The number of halogens is 3. The highest BCUT2D eigenvalue weighted by Gasteiger charge is 2.55. The van der Waals surface area contributed by atoms with Crippen LogP contribution in [0.2, 0.25) is 0 Å². The van der Waals surface area contributed by atoms with Crippen molar-refractivity contribution in [1.82, 2.24) is 29.0 Å². The molecule has 2 fully saturated rings. The second-order valence-corrected chi connectivity index (χ2v) is 9.45. The van der Waals surface area contributed by atoms with E-state index in [1.165, 1.54) is 11.2 Å². The Bertz CT molecular complexity index is 1010. The maximum atomic E-state index is 12.7. The van der Waals surface area contributed by atoms with E-state index in [-0.39, 0.29) is 16.0 Å². The molecule has 0 radical (unpaired) electrons. The van der Waals surface area contributed by atoms with Crippen LogP contribution < -0.4 is 0 Å². The fourth-order valence-corrected chi connectivity index (χ4v) is 5.62. The molecule has 4 rings (SSSR count). The molecule has 1 spiro atoms.